The van der Waals surface area contributed by atoms with Crippen LogP contribution in [0.15, 0.2) is 60.7 Å². The predicted octanol–water partition coefficient (Wildman–Crippen LogP) is 2.83. The van der Waals surface area contributed by atoms with Gasteiger partial charge in [0.1, 0.15) is 11.2 Å². The summed E-state index contributed by atoms with van der Waals surface area (Å²) in [5.41, 5.74) is -0.237. The first-order chi connectivity index (χ1) is 13.1. The molecule has 1 fully saturated rings. The van der Waals surface area contributed by atoms with Crippen LogP contribution in [-0.2, 0) is 16.0 Å². The second kappa shape index (κ2) is 8.49. The highest BCUT2D eigenvalue weighted by atomic mass is 16.5. The summed E-state index contributed by atoms with van der Waals surface area (Å²) in [6, 6.07) is 18.3. The summed E-state index contributed by atoms with van der Waals surface area (Å²) in [7, 11) is 0. The van der Waals surface area contributed by atoms with Gasteiger partial charge in [0.15, 0.2) is 0 Å². The fraction of sp³-hybridized carbons (Fsp3) is 0.286. The molecule has 6 heteroatoms. The largest absolute Gasteiger partial charge is 0.494 e. The number of nitrogens with one attached hydrogen (secondary N) is 2. The van der Waals surface area contributed by atoms with E-state index < -0.39 is 23.3 Å². The van der Waals surface area contributed by atoms with Crippen molar-refractivity contribution in [2.24, 2.45) is 5.41 Å². The molecule has 1 aliphatic heterocycles. The first-order valence-electron chi connectivity index (χ1n) is 8.99. The van der Waals surface area contributed by atoms with E-state index in [0.29, 0.717) is 32.3 Å². The molecule has 0 aliphatic carbocycles. The van der Waals surface area contributed by atoms with E-state index >= 15 is 0 Å². The maximum atomic E-state index is 12.6. The van der Waals surface area contributed by atoms with Crippen molar-refractivity contribution < 1.29 is 19.1 Å². The molecule has 2 N–H and O–H groups in total. The van der Waals surface area contributed by atoms with Crippen molar-refractivity contribution in [1.29, 1.82) is 0 Å². The monoisotopic (exact) mass is 366 g/mol. The highest BCUT2D eigenvalue weighted by Gasteiger charge is 2.49. The third-order valence-electron chi connectivity index (χ3n) is 4.77. The number of barbiturate groups is 1. The van der Waals surface area contributed by atoms with Gasteiger partial charge in [-0.25, -0.2) is 4.79 Å². The molecule has 1 heterocycles. The SMILES string of the molecule is O=C1NC(=O)C(CCCOc2ccccc2)(CCc2ccccc2)C(=O)N1. The summed E-state index contributed by atoms with van der Waals surface area (Å²) in [5, 5.41) is 4.49. The van der Waals surface area contributed by atoms with Crippen molar-refractivity contribution in [3.63, 3.8) is 0 Å². The maximum absolute atomic E-state index is 12.6. The molecule has 1 aliphatic rings. The van der Waals surface area contributed by atoms with Crippen LogP contribution in [0.2, 0.25) is 0 Å². The van der Waals surface area contributed by atoms with Crippen LogP contribution in [0.3, 0.4) is 0 Å². The Bertz CT molecular complexity index is 785. The van der Waals surface area contributed by atoms with Crippen LogP contribution in [-0.4, -0.2) is 24.5 Å². The molecular formula is C21H22N2O4. The molecule has 1 saturated heterocycles. The smallest absolute Gasteiger partial charge is 0.328 e. The predicted molar refractivity (Wildman–Crippen MR) is 100 cm³/mol. The second-order valence-electron chi connectivity index (χ2n) is 6.57. The number of rotatable bonds is 8. The molecule has 0 unspecified atom stereocenters. The Balaban J connectivity index is 1.66. The van der Waals surface area contributed by atoms with E-state index in [1.54, 1.807) is 0 Å². The Morgan fingerprint density at radius 2 is 1.37 bits per heavy atom. The van der Waals surface area contributed by atoms with Gasteiger partial charge < -0.3 is 4.74 Å². The summed E-state index contributed by atoms with van der Waals surface area (Å²) in [6.45, 7) is 0.381. The zero-order valence-electron chi connectivity index (χ0n) is 14.9. The minimum absolute atomic E-state index is 0.303. The van der Waals surface area contributed by atoms with Crippen LogP contribution in [0.1, 0.15) is 24.8 Å². The number of urea groups is 1. The molecule has 0 bridgehead atoms. The van der Waals surface area contributed by atoms with Crippen molar-refractivity contribution in [3.05, 3.63) is 66.2 Å². The number of para-hydroxylation sites is 1. The van der Waals surface area contributed by atoms with E-state index in [0.717, 1.165) is 11.3 Å². The van der Waals surface area contributed by atoms with E-state index in [-0.39, 0.29) is 0 Å². The number of aryl methyl sites for hydroxylation is 1. The van der Waals surface area contributed by atoms with Gasteiger partial charge in [-0.05, 0) is 43.4 Å². The lowest BCUT2D eigenvalue weighted by atomic mass is 9.75. The quantitative estimate of drug-likeness (QED) is 0.556. The van der Waals surface area contributed by atoms with Crippen molar-refractivity contribution in [2.45, 2.75) is 25.7 Å². The molecule has 140 valence electrons. The fourth-order valence-corrected chi connectivity index (χ4v) is 3.24. The number of carbonyl (C=O) groups is 3. The Hall–Kier alpha value is -3.15. The third-order valence-corrected chi connectivity index (χ3v) is 4.77. The van der Waals surface area contributed by atoms with E-state index in [2.05, 4.69) is 10.6 Å². The van der Waals surface area contributed by atoms with Crippen LogP contribution in [0.25, 0.3) is 0 Å². The fourth-order valence-electron chi connectivity index (χ4n) is 3.24. The second-order valence-corrected chi connectivity index (χ2v) is 6.57. The van der Waals surface area contributed by atoms with Crippen LogP contribution in [0, 0.1) is 5.41 Å². The summed E-state index contributed by atoms with van der Waals surface area (Å²) in [6.07, 6.45) is 1.71. The zero-order chi connectivity index (χ0) is 19.1. The summed E-state index contributed by atoms with van der Waals surface area (Å²) in [5.74, 6) is -0.331. The summed E-state index contributed by atoms with van der Waals surface area (Å²) < 4.78 is 5.67. The molecule has 0 saturated carbocycles. The molecule has 27 heavy (non-hydrogen) atoms. The molecule has 0 radical (unpaired) electrons. The number of hydrogen-bond acceptors (Lipinski definition) is 4. The van der Waals surface area contributed by atoms with Gasteiger partial charge in [-0.15, -0.1) is 0 Å². The number of hydrogen-bond donors (Lipinski definition) is 2. The van der Waals surface area contributed by atoms with Gasteiger partial charge in [0.05, 0.1) is 6.61 Å². The Labute approximate surface area is 157 Å². The Morgan fingerprint density at radius 3 is 2.00 bits per heavy atom. The first-order valence-corrected chi connectivity index (χ1v) is 8.99. The first kappa shape index (κ1) is 18.6. The number of carbonyl (C=O) groups excluding carboxylic acids is 3. The minimum atomic E-state index is -1.27. The van der Waals surface area contributed by atoms with E-state index in [1.165, 1.54) is 0 Å². The molecule has 6 nitrogen and oxygen atoms in total. The van der Waals surface area contributed by atoms with Gasteiger partial charge in [0, 0.05) is 0 Å². The maximum Gasteiger partial charge on any atom is 0.328 e. The van der Waals surface area contributed by atoms with Gasteiger partial charge in [-0.3, -0.25) is 20.2 Å². The molecule has 2 aromatic rings. The number of imide groups is 2. The lowest BCUT2D eigenvalue weighted by Gasteiger charge is -2.34. The van der Waals surface area contributed by atoms with E-state index in [1.807, 2.05) is 60.7 Å². The molecule has 0 atom stereocenters. The number of benzene rings is 2. The van der Waals surface area contributed by atoms with Crippen molar-refractivity contribution >= 4 is 17.8 Å². The van der Waals surface area contributed by atoms with Gasteiger partial charge in [0.25, 0.3) is 0 Å². The molecule has 3 rings (SSSR count). The molecule has 0 aromatic heterocycles. The lowest BCUT2D eigenvalue weighted by Crippen LogP contribution is -2.62. The standard InChI is InChI=1S/C21H22N2O4/c24-18-21(19(25)23-20(26)22-18,14-12-16-8-3-1-4-9-16)13-7-15-27-17-10-5-2-6-11-17/h1-6,8-11H,7,12-15H2,(H2,22,23,24,25,26). The van der Waals surface area contributed by atoms with Crippen molar-refractivity contribution in [1.82, 2.24) is 10.6 Å². The zero-order valence-corrected chi connectivity index (χ0v) is 14.9. The number of ether oxygens (including phenoxy) is 1. The average Bonchev–Trinajstić information content (AvgIpc) is 2.68. The molecule has 0 spiro atoms. The minimum Gasteiger partial charge on any atom is -0.494 e. The van der Waals surface area contributed by atoms with Crippen LogP contribution < -0.4 is 15.4 Å². The Kier molecular flexibility index (Phi) is 5.86. The molecule has 2 aromatic carbocycles. The van der Waals surface area contributed by atoms with Gasteiger partial charge in [-0.1, -0.05) is 48.5 Å². The normalized spacial score (nSPS) is 15.8. The van der Waals surface area contributed by atoms with Gasteiger partial charge in [-0.2, -0.15) is 0 Å². The van der Waals surface area contributed by atoms with Crippen molar-refractivity contribution in [2.75, 3.05) is 6.61 Å². The van der Waals surface area contributed by atoms with Gasteiger partial charge in [0.2, 0.25) is 11.8 Å². The molecule has 4 amide bonds. The van der Waals surface area contributed by atoms with Crippen LogP contribution in [0.4, 0.5) is 4.79 Å². The highest BCUT2D eigenvalue weighted by Crippen LogP contribution is 2.33. The van der Waals surface area contributed by atoms with Gasteiger partial charge >= 0.3 is 6.03 Å². The summed E-state index contributed by atoms with van der Waals surface area (Å²) >= 11 is 0. The lowest BCUT2D eigenvalue weighted by molar-refractivity contribution is -0.145. The molecular weight excluding hydrogens is 344 g/mol. The van der Waals surface area contributed by atoms with Crippen LogP contribution in [0.5, 0.6) is 5.75 Å². The third kappa shape index (κ3) is 4.53. The van der Waals surface area contributed by atoms with E-state index in [4.69, 9.17) is 4.74 Å². The van der Waals surface area contributed by atoms with E-state index in [9.17, 15) is 14.4 Å². The summed E-state index contributed by atoms with van der Waals surface area (Å²) in [4.78, 5) is 36.7. The highest BCUT2D eigenvalue weighted by molar-refractivity contribution is 6.19. The Morgan fingerprint density at radius 1 is 0.778 bits per heavy atom. The van der Waals surface area contributed by atoms with Crippen LogP contribution >= 0.6 is 0 Å². The topological polar surface area (TPSA) is 84.5 Å². The number of amides is 4. The average molecular weight is 366 g/mol. The van der Waals surface area contributed by atoms with Crippen molar-refractivity contribution in [3.8, 4) is 5.75 Å².